The van der Waals surface area contributed by atoms with E-state index in [1.807, 2.05) is 91.0 Å². The van der Waals surface area contributed by atoms with E-state index in [0.29, 0.717) is 14.6 Å². The molecule has 3 unspecified atom stereocenters. The van der Waals surface area contributed by atoms with E-state index in [9.17, 15) is 54.8 Å². The van der Waals surface area contributed by atoms with Crippen molar-refractivity contribution in [2.24, 2.45) is 0 Å². The number of hydrogen-bond donors (Lipinski definition) is 6. The van der Waals surface area contributed by atoms with Gasteiger partial charge in [0.2, 0.25) is 0 Å². The van der Waals surface area contributed by atoms with Crippen LogP contribution in [0.4, 0.5) is 39.5 Å². The zero-order valence-corrected chi connectivity index (χ0v) is 38.2. The van der Waals surface area contributed by atoms with Crippen LogP contribution < -0.4 is 0 Å². The van der Waals surface area contributed by atoms with Crippen molar-refractivity contribution in [3.63, 3.8) is 0 Å². The van der Waals surface area contributed by atoms with Gasteiger partial charge in [0.05, 0.1) is 0 Å². The second kappa shape index (κ2) is 35.4. The molecule has 6 aromatic rings. The van der Waals surface area contributed by atoms with E-state index >= 15 is 0 Å². The summed E-state index contributed by atoms with van der Waals surface area (Å²) in [4.78, 5) is 1.02. The molecule has 0 fully saturated rings. The van der Waals surface area contributed by atoms with Gasteiger partial charge in [-0.1, -0.05) is 18.3 Å². The van der Waals surface area contributed by atoms with E-state index in [-0.39, 0.29) is 49.4 Å². The van der Waals surface area contributed by atoms with Gasteiger partial charge in [-0.05, 0) is 35.4 Å². The predicted octanol–water partition coefficient (Wildman–Crippen LogP) is 11.9. The van der Waals surface area contributed by atoms with Crippen molar-refractivity contribution in [2.75, 3.05) is 0 Å². The van der Waals surface area contributed by atoms with Gasteiger partial charge in [0.15, 0.2) is 0 Å². The predicted molar refractivity (Wildman–Crippen MR) is 221 cm³/mol. The molecule has 7 nitrogen and oxygen atoms in total. The van der Waals surface area contributed by atoms with E-state index in [1.165, 1.54) is 18.2 Å². The van der Waals surface area contributed by atoms with Crippen molar-refractivity contribution in [3.05, 3.63) is 195 Å². The molecule has 0 amide bonds. The van der Waals surface area contributed by atoms with Crippen LogP contribution in [-0.4, -0.2) is 67.5 Å². The molecule has 3 atom stereocenters. The molecule has 3 aromatic heterocycles. The second-order valence-electron chi connectivity index (χ2n) is 11.3. The van der Waals surface area contributed by atoms with E-state index in [0.717, 1.165) is 34.0 Å². The zero-order valence-electron chi connectivity index (χ0n) is 32.3. The molecule has 0 aliphatic carbocycles. The Bertz CT molecular complexity index is 1540. The molecule has 1 radical (unpaired) electrons. The third-order valence-electron chi connectivity index (χ3n) is 6.53. The average Bonchev–Trinajstić information content (AvgIpc) is 4.09. The van der Waals surface area contributed by atoms with Crippen LogP contribution in [0.15, 0.2) is 144 Å². The number of hydrogen-bond acceptors (Lipinski definition) is 10. The van der Waals surface area contributed by atoms with E-state index < -0.39 is 74.4 Å². The van der Waals surface area contributed by atoms with E-state index in [1.54, 1.807) is 43.5 Å². The Morgan fingerprint density at radius 1 is 0.444 bits per heavy atom. The van der Waals surface area contributed by atoms with Crippen molar-refractivity contribution in [1.29, 1.82) is 0 Å². The Labute approximate surface area is 414 Å². The Morgan fingerprint density at radius 2 is 0.651 bits per heavy atom. The molecule has 0 saturated heterocycles. The van der Waals surface area contributed by atoms with Gasteiger partial charge in [-0.15, -0.1) is 32.8 Å². The van der Waals surface area contributed by atoms with Crippen molar-refractivity contribution in [2.45, 2.75) is 56.1 Å². The fourth-order valence-electron chi connectivity index (χ4n) is 3.55. The summed E-state index contributed by atoms with van der Waals surface area (Å²) in [6.07, 6.45) is -25.3. The molecule has 6 rings (SSSR count). The largest absolute Gasteiger partial charge is 0.453 e. The third-order valence-corrected chi connectivity index (χ3v) is 9.29. The van der Waals surface area contributed by atoms with Crippen LogP contribution in [0.3, 0.4) is 0 Å². The van der Waals surface area contributed by atoms with Gasteiger partial charge in [0.25, 0.3) is 0 Å². The quantitative estimate of drug-likeness (QED) is 0.0482. The molecule has 0 aliphatic rings. The van der Waals surface area contributed by atoms with Gasteiger partial charge in [-0.25, -0.2) is 0 Å². The summed E-state index contributed by atoms with van der Waals surface area (Å²) in [7, 11) is 1.72. The van der Waals surface area contributed by atoms with Crippen molar-refractivity contribution >= 4 is 43.1 Å². The molecule has 3 heterocycles. The summed E-state index contributed by atoms with van der Waals surface area (Å²) in [6.45, 7) is 0. The molecular formula is C42H40EuF9O7PS3-6. The van der Waals surface area contributed by atoms with Crippen LogP contribution in [0.1, 0.15) is 33.9 Å². The molecule has 0 aliphatic heterocycles. The van der Waals surface area contributed by atoms with Crippen LogP contribution in [0, 0.1) is 85.9 Å². The minimum absolute atomic E-state index is 0. The minimum Gasteiger partial charge on any atom is -0.453 e. The van der Waals surface area contributed by atoms with Gasteiger partial charge in [-0.3, -0.25) is 4.57 Å². The van der Waals surface area contributed by atoms with Crippen LogP contribution >= 0.6 is 43.1 Å². The van der Waals surface area contributed by atoms with E-state index in [4.69, 9.17) is 19.9 Å². The molecule has 349 valence electrons. The normalized spacial score (nSPS) is 11.7. The smallest absolute Gasteiger partial charge is 0.413 e. The standard InChI is InChI=1S/3C8H8F3O2S.3C6H5.Eu.HOP/c3*9-8(10,11)7(13)4-5(12)6-2-1-3-14-6;3*1-2-4-6-5-3-1;;1-2/h3*1-3,7,12-13H,4H2;3*1-5H;;2H/q6*-1;;. The summed E-state index contributed by atoms with van der Waals surface area (Å²) < 4.78 is 115. The maximum absolute atomic E-state index is 11.9. The third kappa shape index (κ3) is 31.7. The van der Waals surface area contributed by atoms with Crippen LogP contribution in [0.5, 0.6) is 0 Å². The Kier molecular flexibility index (Phi) is 35.0. The Morgan fingerprint density at radius 3 is 0.762 bits per heavy atom. The topological polar surface area (TPSA) is 138 Å². The summed E-state index contributed by atoms with van der Waals surface area (Å²) in [6, 6.07) is 46.8. The summed E-state index contributed by atoms with van der Waals surface area (Å²) in [5.41, 5.74) is 0. The first-order valence-electron chi connectivity index (χ1n) is 17.2. The summed E-state index contributed by atoms with van der Waals surface area (Å²) in [5, 5.41) is 58.5. The second-order valence-corrected chi connectivity index (χ2v) is 14.1. The van der Waals surface area contributed by atoms with Gasteiger partial charge in [0, 0.05) is 49.4 Å². The summed E-state index contributed by atoms with van der Waals surface area (Å²) in [5.74, 6) is 0. The molecule has 3 aromatic carbocycles. The number of aliphatic hydroxyl groups excluding tert-OH is 6. The maximum Gasteiger partial charge on any atom is 0.413 e. The van der Waals surface area contributed by atoms with Gasteiger partial charge in [0.1, 0.15) is 27.4 Å². The van der Waals surface area contributed by atoms with Crippen LogP contribution in [0.25, 0.3) is 0 Å². The number of halogens is 9. The van der Waals surface area contributed by atoms with Crippen LogP contribution in [0.2, 0.25) is 0 Å². The first-order chi connectivity index (χ1) is 29.2. The monoisotopic (exact) mass is 1110 g/mol. The van der Waals surface area contributed by atoms with Crippen molar-refractivity contribution in [3.8, 4) is 0 Å². The molecule has 0 spiro atoms. The Hall–Kier alpha value is -2.82. The SMILES string of the molecule is O=P.O[C-](CC(O)C(F)(F)F)c1cccs1.O[C-](CC(O)C(F)(F)F)c1cccs1.O[C-](CC(O)C(F)(F)F)c1cccs1.[Eu].[c-]1ccccc1.[c-]1ccccc1.[c-]1ccccc1. The Balaban J connectivity index is 0. The first kappa shape index (κ1) is 62.3. The molecule has 0 bridgehead atoms. The zero-order chi connectivity index (χ0) is 47.0. The molecular weight excluding hydrogens is 1070 g/mol. The number of aliphatic hydroxyl groups is 6. The number of benzene rings is 3. The van der Waals surface area contributed by atoms with E-state index in [2.05, 4.69) is 18.2 Å². The fourth-order valence-corrected chi connectivity index (χ4v) is 5.59. The van der Waals surface area contributed by atoms with Crippen molar-refractivity contribution < 1.29 is 124 Å². The maximum atomic E-state index is 11.9. The van der Waals surface area contributed by atoms with Gasteiger partial charge in [-0.2, -0.15) is 201 Å². The first-order valence-corrected chi connectivity index (χ1v) is 20.2. The molecule has 6 N–H and O–H groups in total. The van der Waals surface area contributed by atoms with Crippen LogP contribution in [-0.2, 0) is 4.57 Å². The number of rotatable bonds is 9. The average molecular weight is 1110 g/mol. The molecule has 63 heavy (non-hydrogen) atoms. The number of thiophene rings is 3. The fraction of sp³-hybridized carbons (Fsp3) is 0.214. The van der Waals surface area contributed by atoms with Gasteiger partial charge < -0.3 is 30.6 Å². The van der Waals surface area contributed by atoms with Crippen molar-refractivity contribution in [1.82, 2.24) is 0 Å². The minimum atomic E-state index is -4.69. The molecule has 0 saturated carbocycles. The molecule has 21 heteroatoms. The number of alkyl halides is 9. The summed E-state index contributed by atoms with van der Waals surface area (Å²) >= 11 is 3.35. The van der Waals surface area contributed by atoms with Gasteiger partial charge >= 0.3 is 18.5 Å².